The van der Waals surface area contributed by atoms with E-state index in [9.17, 15) is 13.2 Å². The van der Waals surface area contributed by atoms with Crippen LogP contribution >= 0.6 is 11.3 Å². The van der Waals surface area contributed by atoms with Crippen molar-refractivity contribution in [1.82, 2.24) is 9.88 Å². The van der Waals surface area contributed by atoms with E-state index in [2.05, 4.69) is 10.3 Å². The van der Waals surface area contributed by atoms with Crippen molar-refractivity contribution in [2.75, 3.05) is 18.9 Å². The van der Waals surface area contributed by atoms with E-state index >= 15 is 0 Å². The predicted octanol–water partition coefficient (Wildman–Crippen LogP) is 2.71. The Balaban J connectivity index is 2.02. The maximum Gasteiger partial charge on any atom is 0.404 e. The zero-order valence-corrected chi connectivity index (χ0v) is 10.2. The van der Waals surface area contributed by atoms with E-state index in [0.717, 1.165) is 10.0 Å². The van der Waals surface area contributed by atoms with Crippen molar-refractivity contribution >= 4 is 16.5 Å². The van der Waals surface area contributed by atoms with Crippen molar-refractivity contribution < 1.29 is 13.2 Å². The summed E-state index contributed by atoms with van der Waals surface area (Å²) >= 11 is 1.40. The van der Waals surface area contributed by atoms with Crippen LogP contribution in [0.25, 0.3) is 0 Å². The molecule has 1 saturated heterocycles. The molecule has 0 amide bonds. The number of rotatable bonds is 3. The summed E-state index contributed by atoms with van der Waals surface area (Å²) in [6.45, 7) is 0.848. The average Bonchev–Trinajstić information content (AvgIpc) is 2.85. The third-order valence-electron chi connectivity index (χ3n) is 2.87. The second-order valence-corrected chi connectivity index (χ2v) is 5.17. The average molecular weight is 265 g/mol. The Labute approximate surface area is 102 Å². The van der Waals surface area contributed by atoms with Gasteiger partial charge in [0.1, 0.15) is 6.04 Å². The lowest BCUT2D eigenvalue weighted by Gasteiger charge is -2.25. The van der Waals surface area contributed by atoms with Crippen molar-refractivity contribution in [3.8, 4) is 0 Å². The molecule has 3 nitrogen and oxygen atoms in total. The Kier molecular flexibility index (Phi) is 3.58. The first kappa shape index (κ1) is 12.6. The van der Waals surface area contributed by atoms with Gasteiger partial charge in [0.2, 0.25) is 0 Å². The smallest absolute Gasteiger partial charge is 0.365 e. The molecule has 7 heteroatoms. The molecule has 1 atom stereocenters. The summed E-state index contributed by atoms with van der Waals surface area (Å²) in [5.41, 5.74) is 0. The van der Waals surface area contributed by atoms with Gasteiger partial charge in [-0.05, 0) is 19.4 Å². The van der Waals surface area contributed by atoms with Crippen LogP contribution in [0.3, 0.4) is 0 Å². The number of anilines is 1. The van der Waals surface area contributed by atoms with E-state index in [1.54, 1.807) is 13.2 Å². The fourth-order valence-electron chi connectivity index (χ4n) is 2.08. The topological polar surface area (TPSA) is 28.2 Å². The van der Waals surface area contributed by atoms with Crippen LogP contribution in [-0.4, -0.2) is 35.7 Å². The summed E-state index contributed by atoms with van der Waals surface area (Å²) in [5, 5.41) is 3.62. The van der Waals surface area contributed by atoms with Gasteiger partial charge < -0.3 is 5.32 Å². The monoisotopic (exact) mass is 265 g/mol. The minimum absolute atomic E-state index is 0.210. The van der Waals surface area contributed by atoms with Crippen LogP contribution in [0.4, 0.5) is 18.3 Å². The molecule has 0 aliphatic carbocycles. The zero-order chi connectivity index (χ0) is 12.5. The Bertz CT molecular complexity index is 377. The molecular formula is C10H14F3N3S. The van der Waals surface area contributed by atoms with Gasteiger partial charge >= 0.3 is 6.18 Å². The normalized spacial score (nSPS) is 22.0. The van der Waals surface area contributed by atoms with Gasteiger partial charge in [0, 0.05) is 24.7 Å². The molecule has 2 heterocycles. The maximum atomic E-state index is 12.7. The number of aromatic nitrogens is 1. The summed E-state index contributed by atoms with van der Waals surface area (Å²) in [7, 11) is 1.75. The van der Waals surface area contributed by atoms with Gasteiger partial charge in [-0.2, -0.15) is 13.2 Å². The lowest BCUT2D eigenvalue weighted by atomic mass is 10.2. The lowest BCUT2D eigenvalue weighted by Crippen LogP contribution is -2.40. The van der Waals surface area contributed by atoms with Gasteiger partial charge in [0.15, 0.2) is 5.13 Å². The molecule has 1 unspecified atom stereocenters. The summed E-state index contributed by atoms with van der Waals surface area (Å²) in [4.78, 5) is 6.42. The highest BCUT2D eigenvalue weighted by molar-refractivity contribution is 7.15. The molecule has 96 valence electrons. The van der Waals surface area contributed by atoms with E-state index in [4.69, 9.17) is 0 Å². The van der Waals surface area contributed by atoms with Crippen LogP contribution in [0.5, 0.6) is 0 Å². The van der Waals surface area contributed by atoms with Gasteiger partial charge in [0.25, 0.3) is 0 Å². The van der Waals surface area contributed by atoms with Crippen LogP contribution in [0.15, 0.2) is 6.20 Å². The molecule has 0 saturated carbocycles. The highest BCUT2D eigenvalue weighted by atomic mass is 32.1. The largest absolute Gasteiger partial charge is 0.404 e. The quantitative estimate of drug-likeness (QED) is 0.910. The number of hydrogen-bond donors (Lipinski definition) is 1. The standard InChI is InChI=1S/C10H14F3N3S/c1-14-9-15-5-7(17-9)6-16-4-2-3-8(16)10(11,12)13/h5,8H,2-4,6H2,1H3,(H,14,15). The molecule has 2 rings (SSSR count). The van der Waals surface area contributed by atoms with E-state index in [1.807, 2.05) is 0 Å². The first-order valence-electron chi connectivity index (χ1n) is 5.44. The summed E-state index contributed by atoms with van der Waals surface area (Å²) in [6.07, 6.45) is -1.65. The summed E-state index contributed by atoms with van der Waals surface area (Å²) < 4.78 is 38.2. The zero-order valence-electron chi connectivity index (χ0n) is 9.42. The molecule has 1 aromatic heterocycles. The Morgan fingerprint density at radius 2 is 2.35 bits per heavy atom. The van der Waals surface area contributed by atoms with Gasteiger partial charge in [0.05, 0.1) is 0 Å². The molecular weight excluding hydrogens is 251 g/mol. The molecule has 1 aliphatic heterocycles. The molecule has 0 spiro atoms. The molecule has 0 aromatic carbocycles. The molecule has 0 bridgehead atoms. The number of nitrogens with one attached hydrogen (secondary N) is 1. The van der Waals surface area contributed by atoms with Gasteiger partial charge in [-0.3, -0.25) is 4.90 Å². The highest BCUT2D eigenvalue weighted by Crippen LogP contribution is 2.34. The predicted molar refractivity (Wildman–Crippen MR) is 61.1 cm³/mol. The van der Waals surface area contributed by atoms with Gasteiger partial charge in [-0.15, -0.1) is 11.3 Å². The molecule has 0 radical (unpaired) electrons. The SMILES string of the molecule is CNc1ncc(CN2CCCC2C(F)(F)F)s1. The van der Waals surface area contributed by atoms with Crippen molar-refractivity contribution in [3.05, 3.63) is 11.1 Å². The number of nitrogens with zero attached hydrogens (tertiary/aromatic N) is 2. The Morgan fingerprint density at radius 3 is 2.94 bits per heavy atom. The fourth-order valence-corrected chi connectivity index (χ4v) is 2.87. The molecule has 1 aromatic rings. The van der Waals surface area contributed by atoms with Crippen LogP contribution in [0, 0.1) is 0 Å². The van der Waals surface area contributed by atoms with Crippen molar-refractivity contribution in [2.45, 2.75) is 31.6 Å². The number of likely N-dealkylation sites (tertiary alicyclic amines) is 1. The van der Waals surface area contributed by atoms with E-state index in [1.165, 1.54) is 16.2 Å². The second kappa shape index (κ2) is 4.81. The van der Waals surface area contributed by atoms with E-state index in [-0.39, 0.29) is 6.42 Å². The van der Waals surface area contributed by atoms with Crippen LogP contribution in [-0.2, 0) is 6.54 Å². The molecule has 1 aliphatic rings. The minimum atomic E-state index is -4.12. The number of alkyl halides is 3. The van der Waals surface area contributed by atoms with Crippen molar-refractivity contribution in [1.29, 1.82) is 0 Å². The first-order chi connectivity index (χ1) is 8.00. The summed E-state index contributed by atoms with van der Waals surface area (Å²) in [5.74, 6) is 0. The van der Waals surface area contributed by atoms with Gasteiger partial charge in [-0.25, -0.2) is 4.98 Å². The van der Waals surface area contributed by atoms with Crippen LogP contribution < -0.4 is 5.32 Å². The number of hydrogen-bond acceptors (Lipinski definition) is 4. The fraction of sp³-hybridized carbons (Fsp3) is 0.700. The van der Waals surface area contributed by atoms with E-state index in [0.29, 0.717) is 19.5 Å². The first-order valence-corrected chi connectivity index (χ1v) is 6.25. The number of thiazole rings is 1. The van der Waals surface area contributed by atoms with Crippen LogP contribution in [0.1, 0.15) is 17.7 Å². The minimum Gasteiger partial charge on any atom is -0.365 e. The van der Waals surface area contributed by atoms with E-state index < -0.39 is 12.2 Å². The Hall–Kier alpha value is -0.820. The van der Waals surface area contributed by atoms with Gasteiger partial charge in [-0.1, -0.05) is 0 Å². The highest BCUT2D eigenvalue weighted by Gasteiger charge is 2.45. The Morgan fingerprint density at radius 1 is 1.59 bits per heavy atom. The lowest BCUT2D eigenvalue weighted by molar-refractivity contribution is -0.177. The maximum absolute atomic E-state index is 12.7. The van der Waals surface area contributed by atoms with Crippen molar-refractivity contribution in [3.63, 3.8) is 0 Å². The third-order valence-corrected chi connectivity index (χ3v) is 3.87. The van der Waals surface area contributed by atoms with Crippen molar-refractivity contribution in [2.24, 2.45) is 0 Å². The number of halogens is 3. The summed E-state index contributed by atoms with van der Waals surface area (Å²) in [6, 6.07) is -1.29. The molecule has 1 fully saturated rings. The second-order valence-electron chi connectivity index (χ2n) is 4.05. The van der Waals surface area contributed by atoms with Crippen LogP contribution in [0.2, 0.25) is 0 Å². The third kappa shape index (κ3) is 2.90. The molecule has 17 heavy (non-hydrogen) atoms. The molecule has 1 N–H and O–H groups in total.